The third-order valence-electron chi connectivity index (χ3n) is 3.56. The van der Waals surface area contributed by atoms with Crippen LogP contribution in [0.25, 0.3) is 0 Å². The summed E-state index contributed by atoms with van der Waals surface area (Å²) in [5.41, 5.74) is 1.71. The lowest BCUT2D eigenvalue weighted by atomic mass is 9.87. The molecule has 0 bridgehead atoms. The molecule has 0 spiro atoms. The molecule has 0 radical (unpaired) electrons. The Morgan fingerprint density at radius 1 is 1.14 bits per heavy atom. The molecule has 2 fully saturated rings. The summed E-state index contributed by atoms with van der Waals surface area (Å²) in [5, 5.41) is 0. The maximum atomic E-state index is 2.55. The molecule has 1 aliphatic heterocycles. The molecule has 1 saturated carbocycles. The first-order chi connectivity index (χ1) is 6.84. The third-order valence-corrected chi connectivity index (χ3v) is 3.56. The van der Waals surface area contributed by atoms with Gasteiger partial charge in [-0.1, -0.05) is 18.9 Å². The number of nitrogens with zero attached hydrogens (tertiary/aromatic N) is 1. The van der Waals surface area contributed by atoms with Crippen LogP contribution in [0.4, 0.5) is 0 Å². The molecule has 0 aromatic rings. The summed E-state index contributed by atoms with van der Waals surface area (Å²) >= 11 is 0. The number of piperidine rings is 1. The highest BCUT2D eigenvalue weighted by atomic mass is 15.1. The largest absolute Gasteiger partial charge is 0.377 e. The average molecular weight is 193 g/mol. The first-order valence-electron chi connectivity index (χ1n) is 6.28. The fourth-order valence-electron chi connectivity index (χ4n) is 2.75. The summed E-state index contributed by atoms with van der Waals surface area (Å²) in [6, 6.07) is 0. The van der Waals surface area contributed by atoms with Gasteiger partial charge in [0.1, 0.15) is 0 Å². The van der Waals surface area contributed by atoms with Gasteiger partial charge in [0.2, 0.25) is 0 Å². The molecule has 0 aromatic carbocycles. The van der Waals surface area contributed by atoms with E-state index in [1.165, 1.54) is 58.0 Å². The molecule has 1 aliphatic carbocycles. The zero-order valence-electron chi connectivity index (χ0n) is 9.47. The quantitative estimate of drug-likeness (QED) is 0.615. The molecule has 1 heterocycles. The zero-order chi connectivity index (χ0) is 9.80. The zero-order valence-corrected chi connectivity index (χ0v) is 9.47. The number of allylic oxidation sites excluding steroid dienone is 1. The molecule has 2 rings (SSSR count). The molecule has 1 saturated heterocycles. The van der Waals surface area contributed by atoms with E-state index >= 15 is 0 Å². The molecule has 2 aliphatic rings. The van der Waals surface area contributed by atoms with Gasteiger partial charge in [-0.2, -0.15) is 0 Å². The van der Waals surface area contributed by atoms with Gasteiger partial charge in [-0.15, -0.1) is 0 Å². The molecule has 1 unspecified atom stereocenters. The first kappa shape index (κ1) is 10.1. The van der Waals surface area contributed by atoms with Crippen molar-refractivity contribution in [3.8, 4) is 0 Å². The predicted octanol–water partition coefficient (Wildman–Crippen LogP) is 3.57. The van der Waals surface area contributed by atoms with Gasteiger partial charge in [0.15, 0.2) is 0 Å². The number of likely N-dealkylation sites (tertiary alicyclic amines) is 1. The van der Waals surface area contributed by atoms with Crippen LogP contribution in [0.15, 0.2) is 11.8 Å². The molecular formula is C13H23N. The summed E-state index contributed by atoms with van der Waals surface area (Å²) < 4.78 is 0. The lowest BCUT2D eigenvalue weighted by Gasteiger charge is -2.28. The fraction of sp³-hybridized carbons (Fsp3) is 0.846. The highest BCUT2D eigenvalue weighted by molar-refractivity contribution is 5.05. The van der Waals surface area contributed by atoms with E-state index in [1.807, 2.05) is 0 Å². The molecule has 14 heavy (non-hydrogen) atoms. The van der Waals surface area contributed by atoms with Gasteiger partial charge < -0.3 is 4.90 Å². The van der Waals surface area contributed by atoms with Crippen LogP contribution in [0, 0.1) is 5.92 Å². The maximum absolute atomic E-state index is 2.55. The van der Waals surface area contributed by atoms with Crippen LogP contribution in [-0.4, -0.2) is 18.0 Å². The van der Waals surface area contributed by atoms with E-state index in [9.17, 15) is 0 Å². The SMILES string of the molecule is CC1CCC/C(=C\N2CCCCC2)C1. The van der Waals surface area contributed by atoms with Crippen molar-refractivity contribution in [2.75, 3.05) is 13.1 Å². The highest BCUT2D eigenvalue weighted by Crippen LogP contribution is 2.28. The highest BCUT2D eigenvalue weighted by Gasteiger charge is 2.14. The molecule has 1 nitrogen and oxygen atoms in total. The molecule has 1 atom stereocenters. The van der Waals surface area contributed by atoms with E-state index in [4.69, 9.17) is 0 Å². The lowest BCUT2D eigenvalue weighted by Crippen LogP contribution is -2.25. The van der Waals surface area contributed by atoms with Gasteiger partial charge in [0.05, 0.1) is 0 Å². The Hall–Kier alpha value is -0.460. The smallest absolute Gasteiger partial charge is 0.0172 e. The van der Waals surface area contributed by atoms with E-state index in [1.54, 1.807) is 5.57 Å². The number of hydrogen-bond acceptors (Lipinski definition) is 1. The van der Waals surface area contributed by atoms with E-state index in [0.29, 0.717) is 0 Å². The summed E-state index contributed by atoms with van der Waals surface area (Å²) in [5.74, 6) is 0.930. The third kappa shape index (κ3) is 2.76. The van der Waals surface area contributed by atoms with E-state index in [0.717, 1.165) is 5.92 Å². The minimum absolute atomic E-state index is 0.930. The minimum Gasteiger partial charge on any atom is -0.377 e. The van der Waals surface area contributed by atoms with Crippen LogP contribution in [0.1, 0.15) is 51.9 Å². The normalized spacial score (nSPS) is 32.2. The fourth-order valence-corrected chi connectivity index (χ4v) is 2.75. The van der Waals surface area contributed by atoms with Gasteiger partial charge >= 0.3 is 0 Å². The van der Waals surface area contributed by atoms with Crippen molar-refractivity contribution in [3.63, 3.8) is 0 Å². The summed E-state index contributed by atoms with van der Waals surface area (Å²) in [6.45, 7) is 5.00. The topological polar surface area (TPSA) is 3.24 Å². The molecule has 0 aromatic heterocycles. The standard InChI is InChI=1S/C13H23N/c1-12-6-5-7-13(10-12)11-14-8-3-2-4-9-14/h11-12H,2-10H2,1H3/b13-11+. The monoisotopic (exact) mass is 193 g/mol. The van der Waals surface area contributed by atoms with E-state index in [-0.39, 0.29) is 0 Å². The Morgan fingerprint density at radius 3 is 2.64 bits per heavy atom. The Balaban J connectivity index is 1.88. The van der Waals surface area contributed by atoms with Crippen LogP contribution in [-0.2, 0) is 0 Å². The lowest BCUT2D eigenvalue weighted by molar-refractivity contribution is 0.302. The maximum Gasteiger partial charge on any atom is 0.0172 e. The summed E-state index contributed by atoms with van der Waals surface area (Å²) in [4.78, 5) is 2.55. The van der Waals surface area contributed by atoms with Crippen LogP contribution in [0.3, 0.4) is 0 Å². The Morgan fingerprint density at radius 2 is 1.93 bits per heavy atom. The van der Waals surface area contributed by atoms with Crippen LogP contribution in [0.5, 0.6) is 0 Å². The van der Waals surface area contributed by atoms with Crippen molar-refractivity contribution >= 4 is 0 Å². The van der Waals surface area contributed by atoms with Gasteiger partial charge in [0.25, 0.3) is 0 Å². The van der Waals surface area contributed by atoms with Crippen molar-refractivity contribution in [2.45, 2.75) is 51.9 Å². The van der Waals surface area contributed by atoms with Crippen LogP contribution < -0.4 is 0 Å². The summed E-state index contributed by atoms with van der Waals surface area (Å²) in [6.07, 6.45) is 12.3. The van der Waals surface area contributed by atoms with Crippen molar-refractivity contribution in [2.24, 2.45) is 5.92 Å². The van der Waals surface area contributed by atoms with E-state index < -0.39 is 0 Å². The number of hydrogen-bond donors (Lipinski definition) is 0. The van der Waals surface area contributed by atoms with Gasteiger partial charge in [-0.05, 0) is 50.6 Å². The van der Waals surface area contributed by atoms with Crippen molar-refractivity contribution in [1.29, 1.82) is 0 Å². The Bertz CT molecular complexity index is 201. The van der Waals surface area contributed by atoms with Gasteiger partial charge in [-0.3, -0.25) is 0 Å². The van der Waals surface area contributed by atoms with Crippen molar-refractivity contribution in [3.05, 3.63) is 11.8 Å². The summed E-state index contributed by atoms with van der Waals surface area (Å²) in [7, 11) is 0. The first-order valence-corrected chi connectivity index (χ1v) is 6.28. The number of rotatable bonds is 1. The van der Waals surface area contributed by atoms with Crippen molar-refractivity contribution in [1.82, 2.24) is 4.90 Å². The average Bonchev–Trinajstić information content (AvgIpc) is 2.19. The predicted molar refractivity (Wildman–Crippen MR) is 61.1 cm³/mol. The van der Waals surface area contributed by atoms with Crippen LogP contribution in [0.2, 0.25) is 0 Å². The van der Waals surface area contributed by atoms with Crippen molar-refractivity contribution < 1.29 is 0 Å². The minimum atomic E-state index is 0.930. The Kier molecular flexibility index (Phi) is 3.49. The molecule has 0 amide bonds. The second-order valence-electron chi connectivity index (χ2n) is 5.09. The van der Waals surface area contributed by atoms with Gasteiger partial charge in [0, 0.05) is 13.1 Å². The van der Waals surface area contributed by atoms with E-state index in [2.05, 4.69) is 18.0 Å². The Labute approximate surface area is 88.2 Å². The molecular weight excluding hydrogens is 170 g/mol. The van der Waals surface area contributed by atoms with Crippen LogP contribution >= 0.6 is 0 Å². The molecule has 0 N–H and O–H groups in total. The second-order valence-corrected chi connectivity index (χ2v) is 5.09. The molecule has 80 valence electrons. The molecule has 1 heteroatoms. The second kappa shape index (κ2) is 4.86. The van der Waals surface area contributed by atoms with Gasteiger partial charge in [-0.25, -0.2) is 0 Å².